The Bertz CT molecular complexity index is 1260. The molecule has 3 aromatic rings. The molecule has 1 aliphatic rings. The second kappa shape index (κ2) is 11.1. The van der Waals surface area contributed by atoms with Gasteiger partial charge in [0.25, 0.3) is 0 Å². The van der Waals surface area contributed by atoms with E-state index in [0.717, 1.165) is 11.3 Å². The summed E-state index contributed by atoms with van der Waals surface area (Å²) >= 11 is 6.18. The Morgan fingerprint density at radius 1 is 1.00 bits per heavy atom. The normalized spacial score (nSPS) is 15.3. The molecule has 1 aliphatic heterocycles. The van der Waals surface area contributed by atoms with Gasteiger partial charge in [0, 0.05) is 10.7 Å². The summed E-state index contributed by atoms with van der Waals surface area (Å²) in [5.41, 5.74) is 2.91. The van der Waals surface area contributed by atoms with Gasteiger partial charge in [-0.2, -0.15) is 0 Å². The summed E-state index contributed by atoms with van der Waals surface area (Å²) < 4.78 is 24.3. The van der Waals surface area contributed by atoms with E-state index in [1.807, 2.05) is 24.3 Å². The standard InChI is InChI=1S/C27H24ClFN2O4/c1-34-22-11-8-17(9-12-22)10-13-23-24(26(32)35-16-18-4-2-7-21(29)14-18)25(31-27(33)30-23)19-5-3-6-20(28)15-19/h2-9,11-12,14-15,25H,10,13,16H2,1H3,(H2,30,31,33). The number of halogens is 2. The third-order valence-corrected chi connectivity index (χ3v) is 5.87. The van der Waals surface area contributed by atoms with Crippen molar-refractivity contribution in [2.75, 3.05) is 7.11 Å². The average Bonchev–Trinajstić information content (AvgIpc) is 2.86. The van der Waals surface area contributed by atoms with Crippen LogP contribution in [0.5, 0.6) is 5.75 Å². The first-order valence-electron chi connectivity index (χ1n) is 11.0. The summed E-state index contributed by atoms with van der Waals surface area (Å²) in [6.07, 6.45) is 0.962. The molecule has 4 rings (SSSR count). The van der Waals surface area contributed by atoms with Gasteiger partial charge in [0.2, 0.25) is 0 Å². The quantitative estimate of drug-likeness (QED) is 0.407. The Hall–Kier alpha value is -3.84. The van der Waals surface area contributed by atoms with Crippen molar-refractivity contribution in [3.63, 3.8) is 0 Å². The molecule has 0 bridgehead atoms. The molecule has 0 radical (unpaired) electrons. The number of methoxy groups -OCH3 is 1. The Kier molecular flexibility index (Phi) is 7.67. The number of allylic oxidation sites excluding steroid dienone is 1. The van der Waals surface area contributed by atoms with Crippen LogP contribution in [0.4, 0.5) is 9.18 Å². The van der Waals surface area contributed by atoms with Crippen molar-refractivity contribution in [3.05, 3.63) is 112 Å². The number of carbonyl (C=O) groups is 2. The SMILES string of the molecule is COc1ccc(CCC2=C(C(=O)OCc3cccc(F)c3)C(c3cccc(Cl)c3)NC(=O)N2)cc1. The molecule has 1 unspecified atom stereocenters. The molecule has 0 fully saturated rings. The summed E-state index contributed by atoms with van der Waals surface area (Å²) in [7, 11) is 1.60. The summed E-state index contributed by atoms with van der Waals surface area (Å²) in [6, 6.07) is 19.2. The highest BCUT2D eigenvalue weighted by Crippen LogP contribution is 2.31. The van der Waals surface area contributed by atoms with E-state index in [0.29, 0.717) is 34.7 Å². The Morgan fingerprint density at radius 3 is 2.49 bits per heavy atom. The molecule has 0 aromatic heterocycles. The van der Waals surface area contributed by atoms with Gasteiger partial charge in [0.1, 0.15) is 18.2 Å². The summed E-state index contributed by atoms with van der Waals surface area (Å²) in [6.45, 7) is -0.109. The number of rotatable bonds is 8. The van der Waals surface area contributed by atoms with Gasteiger partial charge in [-0.3, -0.25) is 0 Å². The molecule has 2 N–H and O–H groups in total. The summed E-state index contributed by atoms with van der Waals surface area (Å²) in [5.74, 6) is -0.288. The van der Waals surface area contributed by atoms with Gasteiger partial charge in [-0.25, -0.2) is 14.0 Å². The molecule has 1 heterocycles. The lowest BCUT2D eigenvalue weighted by Crippen LogP contribution is -2.46. The van der Waals surface area contributed by atoms with Gasteiger partial charge in [0.05, 0.1) is 18.7 Å². The highest BCUT2D eigenvalue weighted by molar-refractivity contribution is 6.30. The van der Waals surface area contributed by atoms with Crippen LogP contribution in [-0.2, 0) is 22.6 Å². The second-order valence-electron chi connectivity index (χ2n) is 8.03. The molecule has 0 spiro atoms. The molecule has 0 saturated carbocycles. The number of aryl methyl sites for hydroxylation is 1. The smallest absolute Gasteiger partial charge is 0.338 e. The van der Waals surface area contributed by atoms with E-state index in [4.69, 9.17) is 21.1 Å². The molecule has 6 nitrogen and oxygen atoms in total. The number of carbonyl (C=O) groups excluding carboxylic acids is 2. The fourth-order valence-corrected chi connectivity index (χ4v) is 4.11. The maximum Gasteiger partial charge on any atom is 0.338 e. The predicted molar refractivity (Wildman–Crippen MR) is 130 cm³/mol. The van der Waals surface area contributed by atoms with Crippen molar-refractivity contribution in [2.24, 2.45) is 0 Å². The van der Waals surface area contributed by atoms with E-state index in [1.165, 1.54) is 12.1 Å². The van der Waals surface area contributed by atoms with Crippen LogP contribution in [0.15, 0.2) is 84.1 Å². The van der Waals surface area contributed by atoms with Crippen LogP contribution < -0.4 is 15.4 Å². The number of hydrogen-bond donors (Lipinski definition) is 2. The second-order valence-corrected chi connectivity index (χ2v) is 8.47. The van der Waals surface area contributed by atoms with E-state index in [-0.39, 0.29) is 12.2 Å². The van der Waals surface area contributed by atoms with Crippen LogP contribution in [0.3, 0.4) is 0 Å². The fourth-order valence-electron chi connectivity index (χ4n) is 3.91. The number of ether oxygens (including phenoxy) is 2. The van der Waals surface area contributed by atoms with Crippen LogP contribution in [0, 0.1) is 5.82 Å². The van der Waals surface area contributed by atoms with Gasteiger partial charge < -0.3 is 20.1 Å². The van der Waals surface area contributed by atoms with Crippen molar-refractivity contribution in [3.8, 4) is 5.75 Å². The molecular weight excluding hydrogens is 471 g/mol. The first-order valence-corrected chi connectivity index (χ1v) is 11.4. The largest absolute Gasteiger partial charge is 0.497 e. The molecule has 8 heteroatoms. The van der Waals surface area contributed by atoms with Crippen LogP contribution in [-0.4, -0.2) is 19.1 Å². The van der Waals surface area contributed by atoms with Crippen molar-refractivity contribution in [2.45, 2.75) is 25.5 Å². The van der Waals surface area contributed by atoms with Crippen LogP contribution in [0.2, 0.25) is 5.02 Å². The minimum Gasteiger partial charge on any atom is -0.497 e. The molecular formula is C27H24ClFN2O4. The molecule has 35 heavy (non-hydrogen) atoms. The Morgan fingerprint density at radius 2 is 1.77 bits per heavy atom. The topological polar surface area (TPSA) is 76.7 Å². The number of amides is 2. The van der Waals surface area contributed by atoms with Gasteiger partial charge in [-0.05, 0) is 65.9 Å². The number of nitrogens with one attached hydrogen (secondary N) is 2. The monoisotopic (exact) mass is 494 g/mol. The highest BCUT2D eigenvalue weighted by Gasteiger charge is 2.33. The number of esters is 1. The zero-order valence-electron chi connectivity index (χ0n) is 19.0. The minimum atomic E-state index is -0.756. The molecule has 2 amide bonds. The Balaban J connectivity index is 1.64. The number of urea groups is 1. The van der Waals surface area contributed by atoms with Crippen LogP contribution in [0.25, 0.3) is 0 Å². The molecule has 1 atom stereocenters. The molecule has 180 valence electrons. The van der Waals surface area contributed by atoms with Crippen LogP contribution in [0.1, 0.15) is 29.2 Å². The Labute approximate surface area is 207 Å². The van der Waals surface area contributed by atoms with Gasteiger partial charge in [-0.15, -0.1) is 0 Å². The van der Waals surface area contributed by atoms with E-state index in [2.05, 4.69) is 10.6 Å². The minimum absolute atomic E-state index is 0.109. The maximum atomic E-state index is 13.6. The molecule has 3 aromatic carbocycles. The zero-order chi connectivity index (χ0) is 24.8. The van der Waals surface area contributed by atoms with Crippen LogP contribution >= 0.6 is 11.6 Å². The van der Waals surface area contributed by atoms with Crippen molar-refractivity contribution in [1.29, 1.82) is 0 Å². The van der Waals surface area contributed by atoms with Gasteiger partial charge in [-0.1, -0.05) is 48.0 Å². The third-order valence-electron chi connectivity index (χ3n) is 5.64. The average molecular weight is 495 g/mol. The van der Waals surface area contributed by atoms with E-state index in [1.54, 1.807) is 43.5 Å². The lowest BCUT2D eigenvalue weighted by Gasteiger charge is -2.29. The first-order chi connectivity index (χ1) is 16.9. The lowest BCUT2D eigenvalue weighted by molar-refractivity contribution is -0.140. The zero-order valence-corrected chi connectivity index (χ0v) is 19.8. The van der Waals surface area contributed by atoms with Crippen molar-refractivity contribution in [1.82, 2.24) is 10.6 Å². The maximum absolute atomic E-state index is 13.6. The summed E-state index contributed by atoms with van der Waals surface area (Å²) in [5, 5.41) is 6.04. The van der Waals surface area contributed by atoms with E-state index in [9.17, 15) is 14.0 Å². The van der Waals surface area contributed by atoms with E-state index < -0.39 is 23.9 Å². The van der Waals surface area contributed by atoms with Crippen molar-refractivity contribution >= 4 is 23.6 Å². The van der Waals surface area contributed by atoms with E-state index >= 15 is 0 Å². The predicted octanol–water partition coefficient (Wildman–Crippen LogP) is 5.47. The number of benzene rings is 3. The number of hydrogen-bond acceptors (Lipinski definition) is 4. The summed E-state index contributed by atoms with van der Waals surface area (Å²) in [4.78, 5) is 25.8. The lowest BCUT2D eigenvalue weighted by atomic mass is 9.93. The molecule has 0 saturated heterocycles. The van der Waals surface area contributed by atoms with Crippen molar-refractivity contribution < 1.29 is 23.5 Å². The fraction of sp³-hybridized carbons (Fsp3) is 0.185. The highest BCUT2D eigenvalue weighted by atomic mass is 35.5. The molecule has 0 aliphatic carbocycles. The van der Waals surface area contributed by atoms with Gasteiger partial charge in [0.15, 0.2) is 0 Å². The third kappa shape index (κ3) is 6.19. The first kappa shape index (κ1) is 24.3. The van der Waals surface area contributed by atoms with Gasteiger partial charge >= 0.3 is 12.0 Å².